The number of hydrogen-bond acceptors (Lipinski definition) is 8. The maximum absolute atomic E-state index is 14.5. The minimum atomic E-state index is -4.53. The van der Waals surface area contributed by atoms with E-state index >= 15 is 0 Å². The maximum Gasteiger partial charge on any atom is 0.417 e. The Morgan fingerprint density at radius 2 is 2.00 bits per heavy atom. The summed E-state index contributed by atoms with van der Waals surface area (Å²) in [6.07, 6.45) is 1.55. The van der Waals surface area contributed by atoms with Crippen molar-refractivity contribution in [2.45, 2.75) is 56.6 Å². The molecule has 0 radical (unpaired) electrons. The number of esters is 1. The number of pyridine rings is 1. The van der Waals surface area contributed by atoms with E-state index in [9.17, 15) is 27.6 Å². The zero-order valence-corrected chi connectivity index (χ0v) is 26.4. The Hall–Kier alpha value is -3.81. The van der Waals surface area contributed by atoms with Crippen molar-refractivity contribution in [2.75, 3.05) is 47.1 Å². The summed E-state index contributed by atoms with van der Waals surface area (Å²) in [5.74, 6) is -1.03. The van der Waals surface area contributed by atoms with Crippen LogP contribution < -0.4 is 5.32 Å². The Balaban J connectivity index is 1.23. The van der Waals surface area contributed by atoms with Crippen molar-refractivity contribution in [1.29, 1.82) is 0 Å². The highest BCUT2D eigenvalue weighted by molar-refractivity contribution is 5.94. The van der Waals surface area contributed by atoms with Crippen molar-refractivity contribution >= 4 is 23.9 Å². The molecular formula is C34H39F3N4O6. The van der Waals surface area contributed by atoms with E-state index in [2.05, 4.69) is 10.3 Å². The summed E-state index contributed by atoms with van der Waals surface area (Å²) in [4.78, 5) is 47.4. The fraction of sp³-hybridized carbons (Fsp3) is 0.529. The number of rotatable bonds is 7. The van der Waals surface area contributed by atoms with Gasteiger partial charge in [0.1, 0.15) is 0 Å². The van der Waals surface area contributed by atoms with Crippen LogP contribution in [0.15, 0.2) is 42.6 Å². The summed E-state index contributed by atoms with van der Waals surface area (Å²) in [7, 11) is 2.95. The number of carbonyl (C=O) groups is 3. The number of aromatic nitrogens is 1. The van der Waals surface area contributed by atoms with Crippen molar-refractivity contribution < 1.29 is 41.8 Å². The third kappa shape index (κ3) is 6.79. The molecule has 6 rings (SSSR count). The van der Waals surface area contributed by atoms with Crippen LogP contribution in [-0.2, 0) is 42.9 Å². The first-order valence-corrected chi connectivity index (χ1v) is 15.9. The van der Waals surface area contributed by atoms with E-state index in [1.165, 1.54) is 13.2 Å². The molecule has 4 heterocycles. The van der Waals surface area contributed by atoms with Gasteiger partial charge in [-0.1, -0.05) is 12.1 Å². The van der Waals surface area contributed by atoms with Crippen molar-refractivity contribution in [1.82, 2.24) is 20.1 Å². The minimum absolute atomic E-state index is 0.00543. The molecular weight excluding hydrogens is 617 g/mol. The lowest BCUT2D eigenvalue weighted by Gasteiger charge is -2.37. The second kappa shape index (κ2) is 13.4. The molecule has 0 spiro atoms. The molecule has 1 N–H and O–H groups in total. The number of methoxy groups -OCH3 is 2. The lowest BCUT2D eigenvalue weighted by atomic mass is 9.78. The Labute approximate surface area is 271 Å². The topological polar surface area (TPSA) is 110 Å². The Bertz CT molecular complexity index is 1550. The van der Waals surface area contributed by atoms with E-state index in [1.807, 2.05) is 0 Å². The van der Waals surface area contributed by atoms with E-state index in [0.717, 1.165) is 18.7 Å². The normalized spacial score (nSPS) is 27.5. The number of amides is 2. The van der Waals surface area contributed by atoms with Gasteiger partial charge in [0.2, 0.25) is 11.8 Å². The quantitative estimate of drug-likeness (QED) is 0.357. The number of benzene rings is 1. The summed E-state index contributed by atoms with van der Waals surface area (Å²) >= 11 is 0. The first-order chi connectivity index (χ1) is 22.5. The second-order valence-corrected chi connectivity index (χ2v) is 12.9. The van der Waals surface area contributed by atoms with Crippen LogP contribution >= 0.6 is 0 Å². The van der Waals surface area contributed by atoms with Crippen molar-refractivity contribution in [3.63, 3.8) is 0 Å². The van der Waals surface area contributed by atoms with Gasteiger partial charge >= 0.3 is 12.1 Å². The van der Waals surface area contributed by atoms with Crippen LogP contribution in [-0.4, -0.2) is 97.8 Å². The molecule has 1 aromatic carbocycles. The van der Waals surface area contributed by atoms with Crippen LogP contribution in [0.1, 0.15) is 52.0 Å². The van der Waals surface area contributed by atoms with Crippen molar-refractivity contribution in [3.8, 4) is 0 Å². The molecule has 47 heavy (non-hydrogen) atoms. The smallest absolute Gasteiger partial charge is 0.417 e. The molecule has 4 aliphatic rings. The molecule has 3 fully saturated rings. The summed E-state index contributed by atoms with van der Waals surface area (Å²) in [6.45, 7) is 2.04. The highest BCUT2D eigenvalue weighted by Crippen LogP contribution is 2.51. The monoisotopic (exact) mass is 656 g/mol. The maximum atomic E-state index is 14.5. The van der Waals surface area contributed by atoms with Gasteiger partial charge in [-0.2, -0.15) is 13.2 Å². The van der Waals surface area contributed by atoms with Crippen LogP contribution in [0, 0.1) is 11.3 Å². The number of nitrogens with one attached hydrogen (secondary N) is 1. The molecule has 252 valence electrons. The molecule has 5 atom stereocenters. The molecule has 2 unspecified atom stereocenters. The van der Waals surface area contributed by atoms with Gasteiger partial charge in [0, 0.05) is 76.4 Å². The van der Waals surface area contributed by atoms with Gasteiger partial charge in [-0.05, 0) is 60.6 Å². The highest BCUT2D eigenvalue weighted by Gasteiger charge is 2.59. The fourth-order valence-corrected chi connectivity index (χ4v) is 7.66. The summed E-state index contributed by atoms with van der Waals surface area (Å²) < 4.78 is 56.4. The molecule has 1 saturated carbocycles. The molecule has 0 bridgehead atoms. The number of nitrogens with zero attached hydrogens (tertiary/aromatic N) is 3. The minimum Gasteiger partial charge on any atom is -0.465 e. The Morgan fingerprint density at radius 1 is 1.17 bits per heavy atom. The molecule has 1 aliphatic carbocycles. The largest absolute Gasteiger partial charge is 0.465 e. The molecule has 2 saturated heterocycles. The Kier molecular flexibility index (Phi) is 9.41. The number of carbonyl (C=O) groups excluding carboxylic acids is 3. The van der Waals surface area contributed by atoms with E-state index in [1.54, 1.807) is 47.3 Å². The molecule has 1 aromatic heterocycles. The lowest BCUT2D eigenvalue weighted by Crippen LogP contribution is -2.52. The van der Waals surface area contributed by atoms with Crippen LogP contribution in [0.2, 0.25) is 0 Å². The third-order valence-corrected chi connectivity index (χ3v) is 10.0. The van der Waals surface area contributed by atoms with E-state index in [4.69, 9.17) is 14.2 Å². The summed E-state index contributed by atoms with van der Waals surface area (Å²) in [5.41, 5.74) is 0.245. The first-order valence-electron chi connectivity index (χ1n) is 15.9. The van der Waals surface area contributed by atoms with Gasteiger partial charge in [0.05, 0.1) is 36.4 Å². The number of fused-ring (bicyclic) bond motifs is 2. The third-order valence-electron chi connectivity index (χ3n) is 10.0. The summed E-state index contributed by atoms with van der Waals surface area (Å²) in [6, 6.07) is 7.87. The van der Waals surface area contributed by atoms with Gasteiger partial charge in [0.25, 0.3) is 0 Å². The molecule has 2 amide bonds. The van der Waals surface area contributed by atoms with Crippen LogP contribution in [0.4, 0.5) is 13.2 Å². The zero-order chi connectivity index (χ0) is 33.3. The van der Waals surface area contributed by atoms with E-state index < -0.39 is 23.1 Å². The summed E-state index contributed by atoms with van der Waals surface area (Å²) in [5, 5.41) is 3.71. The van der Waals surface area contributed by atoms with Gasteiger partial charge in [-0.3, -0.25) is 14.6 Å². The predicted molar refractivity (Wildman–Crippen MR) is 164 cm³/mol. The fourth-order valence-electron chi connectivity index (χ4n) is 7.66. The van der Waals surface area contributed by atoms with E-state index in [-0.39, 0.29) is 49.0 Å². The first kappa shape index (κ1) is 33.1. The molecule has 13 heteroatoms. The van der Waals surface area contributed by atoms with Crippen LogP contribution in [0.3, 0.4) is 0 Å². The van der Waals surface area contributed by atoms with Gasteiger partial charge < -0.3 is 29.3 Å². The standard InChI is InChI=1S/C34H39F3N4O6/c1-45-29-19-47-11-9-28(29)39-26-14-25-18-41(30(42)7-6-21-4-3-5-22(12-21)31(43)46-2)20-33(25,15-26)32(44)40-10-8-27-23(17-40)13-24(16-38-27)34(35,36)37/h3-7,12-13,16,25-26,28-29,39H,8-11,14-15,17-20H2,1-2H3/b7-6+/t25-,26+,28?,29?,33-/m0/s1. The van der Waals surface area contributed by atoms with E-state index in [0.29, 0.717) is 68.0 Å². The second-order valence-electron chi connectivity index (χ2n) is 12.9. The lowest BCUT2D eigenvalue weighted by molar-refractivity contribution is -0.144. The molecule has 10 nitrogen and oxygen atoms in total. The van der Waals surface area contributed by atoms with Crippen molar-refractivity contribution in [2.24, 2.45) is 11.3 Å². The van der Waals surface area contributed by atoms with Gasteiger partial charge in [-0.15, -0.1) is 0 Å². The highest BCUT2D eigenvalue weighted by atomic mass is 19.4. The number of likely N-dealkylation sites (tertiary alicyclic amines) is 1. The van der Waals surface area contributed by atoms with Crippen molar-refractivity contribution in [3.05, 3.63) is 70.6 Å². The SMILES string of the molecule is COC(=O)c1cccc(/C=C/C(=O)N2C[C@@H]3C[C@@H](NC4CCOCC4OC)C[C@]3(C(=O)N3CCc4ncc(C(F)(F)F)cc4C3)C2)c1. The van der Waals surface area contributed by atoms with Gasteiger partial charge in [0.15, 0.2) is 0 Å². The molecule has 3 aliphatic heterocycles. The number of hydrogen-bond donors (Lipinski definition) is 1. The number of halogens is 3. The zero-order valence-electron chi connectivity index (χ0n) is 26.4. The number of alkyl halides is 3. The average Bonchev–Trinajstić information content (AvgIpc) is 3.61. The predicted octanol–water partition coefficient (Wildman–Crippen LogP) is 3.49. The Morgan fingerprint density at radius 3 is 2.77 bits per heavy atom. The van der Waals surface area contributed by atoms with Gasteiger partial charge in [-0.25, -0.2) is 4.79 Å². The van der Waals surface area contributed by atoms with Crippen LogP contribution in [0.25, 0.3) is 6.08 Å². The number of ether oxygens (including phenoxy) is 3. The average molecular weight is 657 g/mol. The molecule has 2 aromatic rings. The van der Waals surface area contributed by atoms with Crippen LogP contribution in [0.5, 0.6) is 0 Å².